The number of carbonyl (C=O) groups excluding carboxylic acids is 2. The molecule has 5 rings (SSSR count). The molecule has 14 heteroatoms. The summed E-state index contributed by atoms with van der Waals surface area (Å²) in [4.78, 5) is 23.0. The van der Waals surface area contributed by atoms with Crippen molar-refractivity contribution in [2.75, 3.05) is 0 Å². The Morgan fingerprint density at radius 1 is 0.889 bits per heavy atom. The number of Topliss-reactive ketones (excluding diaryl/α,β-unsaturated/α-hetero) is 2. The molecule has 0 radical (unpaired) electrons. The molecule has 0 saturated carbocycles. The van der Waals surface area contributed by atoms with Gasteiger partial charge in [-0.15, -0.1) is 12.4 Å². The minimum atomic E-state index is -3.54. The Labute approximate surface area is 260 Å². The maximum Gasteiger partial charge on any atom is 0.243 e. The molecule has 4 heterocycles. The first-order valence-electron chi connectivity index (χ1n) is 11.4. The molecule has 4 aliphatic heterocycles. The van der Waals surface area contributed by atoms with Gasteiger partial charge in [-0.1, -0.05) is 24.4 Å². The summed E-state index contributed by atoms with van der Waals surface area (Å²) in [6.07, 6.45) is 8.55. The fourth-order valence-corrected chi connectivity index (χ4v) is 7.32. The molecule has 36 heavy (non-hydrogen) atoms. The monoisotopic (exact) mass is 627 g/mol. The first kappa shape index (κ1) is 34.7. The van der Waals surface area contributed by atoms with E-state index in [1.165, 1.54) is 31.4 Å². The molecule has 0 amide bonds. The fourth-order valence-electron chi connectivity index (χ4n) is 5.32. The van der Waals surface area contributed by atoms with E-state index in [9.17, 15) is 18.0 Å². The molecule has 4 aliphatic rings. The van der Waals surface area contributed by atoms with Crippen LogP contribution in [0.15, 0.2) is 29.2 Å². The molecule has 4 saturated heterocycles. The second kappa shape index (κ2) is 16.1. The Kier molecular flexibility index (Phi) is 15.5. The maximum atomic E-state index is 12.8. The first-order valence-corrected chi connectivity index (χ1v) is 15.1. The summed E-state index contributed by atoms with van der Waals surface area (Å²) in [7, 11) is -1.74. The number of nitrogens with zero attached hydrogens (tertiary/aromatic N) is 1. The van der Waals surface area contributed by atoms with E-state index in [0.29, 0.717) is 35.7 Å². The Morgan fingerprint density at radius 2 is 1.31 bits per heavy atom. The van der Waals surface area contributed by atoms with Crippen molar-refractivity contribution >= 4 is 66.6 Å². The number of nitrogens with one attached hydrogen (secondary N) is 1. The molecule has 1 aromatic rings. The van der Waals surface area contributed by atoms with Gasteiger partial charge in [-0.25, -0.2) is 8.42 Å². The van der Waals surface area contributed by atoms with Crippen LogP contribution in [-0.2, 0) is 29.9 Å². The van der Waals surface area contributed by atoms with Crippen molar-refractivity contribution in [2.24, 2.45) is 0 Å². The van der Waals surface area contributed by atoms with Crippen LogP contribution in [0.25, 0.3) is 0 Å². The van der Waals surface area contributed by atoms with Crippen molar-refractivity contribution in [1.82, 2.24) is 9.62 Å². The predicted octanol–water partition coefficient (Wildman–Crippen LogP) is 3.92. The second-order valence-corrected chi connectivity index (χ2v) is 12.5. The Bertz CT molecular complexity index is 982. The standard InChI is InChI=1S/C14H16ClNO3S.C8H13NO.Ar.ClHO2S.ClH/c15-10-4-6-14(7-5-10)20(18,19)16-11-2-1-3-12(16)9-13(17)8-11;10-8-4-6-2-1-3-7(5-8)9-6;;1-4(2)3;/h4-7,11-12H,1-3,8-9H2;6-7,9H,1-5H2;;(H,2,3);1H/p-1. The van der Waals surface area contributed by atoms with E-state index in [4.69, 9.17) is 20.4 Å². The zero-order valence-electron chi connectivity index (χ0n) is 19.4. The van der Waals surface area contributed by atoms with Crippen LogP contribution in [0, 0.1) is 37.7 Å². The number of hydrogen-bond acceptors (Lipinski definition) is 7. The molecule has 1 aromatic carbocycles. The Balaban J connectivity index is 0.000000341. The zero-order valence-corrected chi connectivity index (χ0v) is 24.1. The largest absolute Gasteiger partial charge is 0.760 e. The molecule has 5 unspecified atom stereocenters. The van der Waals surface area contributed by atoms with Crippen molar-refractivity contribution in [1.29, 1.82) is 0 Å². The van der Waals surface area contributed by atoms with Crippen molar-refractivity contribution in [3.05, 3.63) is 29.3 Å². The number of carbonyl (C=O) groups is 2. The fraction of sp³-hybridized carbons (Fsp3) is 0.636. The maximum absolute atomic E-state index is 12.8. The molecular weight excluding hydrogens is 599 g/mol. The van der Waals surface area contributed by atoms with E-state index < -0.39 is 20.3 Å². The van der Waals surface area contributed by atoms with Crippen LogP contribution >= 0.6 is 34.7 Å². The van der Waals surface area contributed by atoms with Gasteiger partial charge in [-0.2, -0.15) is 4.31 Å². The molecular formula is C22H30ArCl3N2O6S2-. The number of rotatable bonds is 2. The molecule has 0 aliphatic carbocycles. The van der Waals surface area contributed by atoms with Gasteiger partial charge in [0.25, 0.3) is 0 Å². The Hall–Kier alpha value is 0.670. The first-order chi connectivity index (χ1) is 16.1. The minimum absolute atomic E-state index is 0. The SMILES string of the molecule is Cl.O=C1CC2CCCC(C1)N2.O=C1CC2CCCC(C1)N2S(=O)(=O)c1ccc(Cl)cc1.O=S([O-])Cl.[Ar]. The van der Waals surface area contributed by atoms with Gasteiger partial charge in [-0.05, 0) is 60.6 Å². The quantitative estimate of drug-likeness (QED) is 0.389. The van der Waals surface area contributed by atoms with E-state index in [-0.39, 0.29) is 72.9 Å². The average molecular weight is 629 g/mol. The number of fused-ring (bicyclic) bond motifs is 4. The van der Waals surface area contributed by atoms with Gasteiger partial charge >= 0.3 is 0 Å². The molecule has 8 nitrogen and oxygen atoms in total. The van der Waals surface area contributed by atoms with Gasteiger partial charge in [0.1, 0.15) is 11.6 Å². The molecule has 0 spiro atoms. The topological polar surface area (TPSA) is 124 Å². The molecule has 4 bridgehead atoms. The average Bonchev–Trinajstić information content (AvgIpc) is 2.73. The summed E-state index contributed by atoms with van der Waals surface area (Å²) in [6.45, 7) is 0. The van der Waals surface area contributed by atoms with Crippen LogP contribution in [-0.4, -0.2) is 57.2 Å². The molecule has 4 fully saturated rings. The van der Waals surface area contributed by atoms with Crippen LogP contribution in [0.4, 0.5) is 0 Å². The number of ketones is 2. The van der Waals surface area contributed by atoms with E-state index in [2.05, 4.69) is 16.0 Å². The number of halogens is 3. The molecule has 5 atom stereocenters. The number of hydrogen-bond donors (Lipinski definition) is 1. The predicted molar refractivity (Wildman–Crippen MR) is 137 cm³/mol. The van der Waals surface area contributed by atoms with Crippen LogP contribution in [0.1, 0.15) is 64.2 Å². The van der Waals surface area contributed by atoms with E-state index in [0.717, 1.165) is 32.1 Å². The summed E-state index contributed by atoms with van der Waals surface area (Å²) >= 11 is 5.81. The van der Waals surface area contributed by atoms with E-state index in [1.54, 1.807) is 16.4 Å². The van der Waals surface area contributed by atoms with Gasteiger partial charge in [-0.3, -0.25) is 13.8 Å². The summed E-state index contributed by atoms with van der Waals surface area (Å²) in [6, 6.07) is 6.94. The van der Waals surface area contributed by atoms with Crippen LogP contribution < -0.4 is 5.32 Å². The van der Waals surface area contributed by atoms with Crippen LogP contribution in [0.5, 0.6) is 0 Å². The summed E-state index contributed by atoms with van der Waals surface area (Å²) in [5, 5.41) is 3.97. The van der Waals surface area contributed by atoms with Crippen LogP contribution in [0.3, 0.4) is 0 Å². The number of sulfonamides is 1. The van der Waals surface area contributed by atoms with Gasteiger partial charge in [0.05, 0.1) is 4.90 Å². The van der Waals surface area contributed by atoms with Crippen molar-refractivity contribution in [2.45, 2.75) is 93.3 Å². The van der Waals surface area contributed by atoms with Crippen molar-refractivity contribution in [3.63, 3.8) is 0 Å². The van der Waals surface area contributed by atoms with Crippen molar-refractivity contribution < 1.29 is 64.5 Å². The van der Waals surface area contributed by atoms with E-state index >= 15 is 0 Å². The van der Waals surface area contributed by atoms with Crippen LogP contribution in [0.2, 0.25) is 5.02 Å². The van der Waals surface area contributed by atoms with Gasteiger partial charge < -0.3 is 9.87 Å². The van der Waals surface area contributed by atoms with Gasteiger partial charge in [0.15, 0.2) is 0 Å². The Morgan fingerprint density at radius 3 is 1.78 bits per heavy atom. The van der Waals surface area contributed by atoms with E-state index in [1.807, 2.05) is 0 Å². The molecule has 0 aromatic heterocycles. The smallest absolute Gasteiger partial charge is 0.243 e. The van der Waals surface area contributed by atoms with Crippen molar-refractivity contribution in [3.8, 4) is 0 Å². The zero-order chi connectivity index (χ0) is 24.9. The van der Waals surface area contributed by atoms with Gasteiger partial charge in [0.2, 0.25) is 10.0 Å². The molecule has 1 N–H and O–H groups in total. The third-order valence-electron chi connectivity index (χ3n) is 6.63. The number of piperidine rings is 4. The summed E-state index contributed by atoms with van der Waals surface area (Å²) in [5.74, 6) is 0.649. The molecule has 206 valence electrons. The third kappa shape index (κ3) is 10.0. The number of benzene rings is 1. The second-order valence-electron chi connectivity index (χ2n) is 9.11. The minimum Gasteiger partial charge on any atom is -0.760 e. The normalized spacial score (nSPS) is 28.1. The van der Waals surface area contributed by atoms with Gasteiger partial charge in [0, 0.05) is 103 Å². The third-order valence-corrected chi connectivity index (χ3v) is 8.91. The summed E-state index contributed by atoms with van der Waals surface area (Å²) in [5.41, 5.74) is 0. The summed E-state index contributed by atoms with van der Waals surface area (Å²) < 4.78 is 44.7.